The number of amides is 2. The maximum absolute atomic E-state index is 13.4. The van der Waals surface area contributed by atoms with Gasteiger partial charge in [-0.05, 0) is 61.3 Å². The van der Waals surface area contributed by atoms with Crippen molar-refractivity contribution in [1.29, 1.82) is 0 Å². The lowest BCUT2D eigenvalue weighted by molar-refractivity contribution is -0.140. The van der Waals surface area contributed by atoms with Crippen LogP contribution in [0.4, 0.5) is 5.69 Å². The summed E-state index contributed by atoms with van der Waals surface area (Å²) in [5.74, 6) is -0.792. The maximum Gasteiger partial charge on any atom is 0.244 e. The first-order valence-electron chi connectivity index (χ1n) is 10.2. The van der Waals surface area contributed by atoms with E-state index < -0.39 is 34.1 Å². The molecule has 0 saturated heterocycles. The molecular formula is C23H30BrN3O4S. The first kappa shape index (κ1) is 25.9. The second-order valence-corrected chi connectivity index (χ2v) is 11.4. The van der Waals surface area contributed by atoms with Gasteiger partial charge in [-0.2, -0.15) is 0 Å². The van der Waals surface area contributed by atoms with Crippen LogP contribution in [0.1, 0.15) is 33.3 Å². The highest BCUT2D eigenvalue weighted by Gasteiger charge is 2.31. The zero-order valence-corrected chi connectivity index (χ0v) is 21.4. The average Bonchev–Trinajstić information content (AvgIpc) is 2.69. The highest BCUT2D eigenvalue weighted by molar-refractivity contribution is 9.10. The first-order valence-corrected chi connectivity index (χ1v) is 12.8. The van der Waals surface area contributed by atoms with Gasteiger partial charge in [-0.25, -0.2) is 8.42 Å². The molecule has 1 atom stereocenters. The van der Waals surface area contributed by atoms with E-state index in [1.165, 1.54) is 4.90 Å². The number of nitrogens with zero attached hydrogens (tertiary/aromatic N) is 2. The highest BCUT2D eigenvalue weighted by Crippen LogP contribution is 2.28. The SMILES string of the molecule is CC(C(=O)NC(C)(C)C)N(Cc1ccccc1)C(=O)CN(c1ccccc1Br)S(C)(=O)=O. The fraction of sp³-hybridized carbons (Fsp3) is 0.391. The van der Waals surface area contributed by atoms with E-state index in [9.17, 15) is 18.0 Å². The molecule has 2 aromatic rings. The van der Waals surface area contributed by atoms with Gasteiger partial charge in [0.1, 0.15) is 12.6 Å². The van der Waals surface area contributed by atoms with Gasteiger partial charge >= 0.3 is 0 Å². The van der Waals surface area contributed by atoms with E-state index in [1.807, 2.05) is 51.1 Å². The van der Waals surface area contributed by atoms with E-state index in [0.29, 0.717) is 10.2 Å². The minimum Gasteiger partial charge on any atom is -0.350 e. The molecule has 1 unspecified atom stereocenters. The molecule has 2 aromatic carbocycles. The lowest BCUT2D eigenvalue weighted by Crippen LogP contribution is -2.54. The summed E-state index contributed by atoms with van der Waals surface area (Å²) in [6.45, 7) is 6.97. The number of sulfonamides is 1. The van der Waals surface area contributed by atoms with E-state index in [4.69, 9.17) is 0 Å². The van der Waals surface area contributed by atoms with Gasteiger partial charge in [-0.3, -0.25) is 13.9 Å². The van der Waals surface area contributed by atoms with Crippen molar-refractivity contribution in [3.8, 4) is 0 Å². The number of hydrogen-bond acceptors (Lipinski definition) is 4. The molecule has 2 amide bonds. The second-order valence-electron chi connectivity index (χ2n) is 8.64. The van der Waals surface area contributed by atoms with Gasteiger partial charge in [0.25, 0.3) is 0 Å². The molecule has 0 fully saturated rings. The molecule has 0 radical (unpaired) electrons. The van der Waals surface area contributed by atoms with Crippen molar-refractivity contribution in [3.63, 3.8) is 0 Å². The Morgan fingerprint density at radius 1 is 1.03 bits per heavy atom. The maximum atomic E-state index is 13.4. The molecule has 0 heterocycles. The van der Waals surface area contributed by atoms with Crippen LogP contribution in [0.15, 0.2) is 59.1 Å². The largest absolute Gasteiger partial charge is 0.350 e. The fourth-order valence-corrected chi connectivity index (χ4v) is 4.56. The van der Waals surface area contributed by atoms with Gasteiger partial charge in [0.2, 0.25) is 21.8 Å². The van der Waals surface area contributed by atoms with Crippen molar-refractivity contribution >= 4 is 43.5 Å². The highest BCUT2D eigenvalue weighted by atomic mass is 79.9. The van der Waals surface area contributed by atoms with Crippen molar-refractivity contribution in [2.24, 2.45) is 0 Å². The molecular weight excluding hydrogens is 494 g/mol. The van der Waals surface area contributed by atoms with Crippen LogP contribution in [-0.2, 0) is 26.2 Å². The smallest absolute Gasteiger partial charge is 0.244 e. The van der Waals surface area contributed by atoms with Gasteiger partial charge in [-0.1, -0.05) is 42.5 Å². The van der Waals surface area contributed by atoms with E-state index in [1.54, 1.807) is 31.2 Å². The molecule has 0 aliphatic carbocycles. The quantitative estimate of drug-likeness (QED) is 0.573. The predicted molar refractivity (Wildman–Crippen MR) is 131 cm³/mol. The normalized spacial score (nSPS) is 12.7. The minimum atomic E-state index is -3.76. The number of anilines is 1. The Morgan fingerprint density at radius 3 is 2.12 bits per heavy atom. The summed E-state index contributed by atoms with van der Waals surface area (Å²) in [4.78, 5) is 27.7. The van der Waals surface area contributed by atoms with Gasteiger partial charge in [0, 0.05) is 16.6 Å². The van der Waals surface area contributed by atoms with E-state index in [2.05, 4.69) is 21.2 Å². The molecule has 32 heavy (non-hydrogen) atoms. The van der Waals surface area contributed by atoms with Crippen molar-refractivity contribution in [3.05, 3.63) is 64.6 Å². The number of rotatable bonds is 8. The molecule has 0 spiro atoms. The number of nitrogens with one attached hydrogen (secondary N) is 1. The van der Waals surface area contributed by atoms with Crippen LogP contribution in [0.2, 0.25) is 0 Å². The Hall–Kier alpha value is -2.39. The molecule has 2 rings (SSSR count). The lowest BCUT2D eigenvalue weighted by Gasteiger charge is -2.33. The Labute approximate surface area is 199 Å². The molecule has 0 saturated carbocycles. The number of carbonyl (C=O) groups excluding carboxylic acids is 2. The van der Waals surface area contributed by atoms with Crippen LogP contribution >= 0.6 is 15.9 Å². The number of hydrogen-bond donors (Lipinski definition) is 1. The van der Waals surface area contributed by atoms with Crippen LogP contribution in [0.3, 0.4) is 0 Å². The zero-order valence-electron chi connectivity index (χ0n) is 19.0. The topological polar surface area (TPSA) is 86.8 Å². The summed E-state index contributed by atoms with van der Waals surface area (Å²) in [5.41, 5.74) is 0.721. The summed E-state index contributed by atoms with van der Waals surface area (Å²) < 4.78 is 26.7. The monoisotopic (exact) mass is 523 g/mol. The molecule has 9 heteroatoms. The van der Waals surface area contributed by atoms with Crippen LogP contribution in [-0.4, -0.2) is 49.5 Å². The van der Waals surface area contributed by atoms with Crippen molar-refractivity contribution < 1.29 is 18.0 Å². The lowest BCUT2D eigenvalue weighted by atomic mass is 10.1. The van der Waals surface area contributed by atoms with Crippen LogP contribution in [0, 0.1) is 0 Å². The van der Waals surface area contributed by atoms with Crippen LogP contribution < -0.4 is 9.62 Å². The fourth-order valence-electron chi connectivity index (χ4n) is 3.09. The Bertz CT molecular complexity index is 1050. The summed E-state index contributed by atoms with van der Waals surface area (Å²) in [6.07, 6.45) is 1.05. The third-order valence-corrected chi connectivity index (χ3v) is 6.46. The number of para-hydroxylation sites is 1. The van der Waals surface area contributed by atoms with Gasteiger partial charge in [0.05, 0.1) is 11.9 Å². The Morgan fingerprint density at radius 2 is 1.59 bits per heavy atom. The molecule has 0 aliphatic heterocycles. The average molecular weight is 524 g/mol. The number of carbonyl (C=O) groups is 2. The third-order valence-electron chi connectivity index (χ3n) is 4.66. The Kier molecular flexibility index (Phi) is 8.47. The van der Waals surface area contributed by atoms with E-state index >= 15 is 0 Å². The summed E-state index contributed by atoms with van der Waals surface area (Å²) >= 11 is 3.36. The zero-order chi connectivity index (χ0) is 24.1. The molecule has 0 aromatic heterocycles. The van der Waals surface area contributed by atoms with E-state index in [0.717, 1.165) is 16.1 Å². The molecule has 1 N–H and O–H groups in total. The first-order chi connectivity index (χ1) is 14.8. The van der Waals surface area contributed by atoms with Crippen molar-refractivity contribution in [2.75, 3.05) is 17.1 Å². The van der Waals surface area contributed by atoms with Gasteiger partial charge in [-0.15, -0.1) is 0 Å². The van der Waals surface area contributed by atoms with Crippen LogP contribution in [0.25, 0.3) is 0 Å². The number of benzene rings is 2. The van der Waals surface area contributed by atoms with Crippen LogP contribution in [0.5, 0.6) is 0 Å². The van der Waals surface area contributed by atoms with Gasteiger partial charge in [0.15, 0.2) is 0 Å². The predicted octanol–water partition coefficient (Wildman–Crippen LogP) is 3.55. The van der Waals surface area contributed by atoms with Gasteiger partial charge < -0.3 is 10.2 Å². The number of halogens is 1. The summed E-state index contributed by atoms with van der Waals surface area (Å²) in [6, 6.07) is 15.3. The third kappa shape index (κ3) is 7.34. The summed E-state index contributed by atoms with van der Waals surface area (Å²) in [5, 5.41) is 2.89. The van der Waals surface area contributed by atoms with Crippen molar-refractivity contribution in [1.82, 2.24) is 10.2 Å². The molecule has 0 aliphatic rings. The molecule has 174 valence electrons. The second kappa shape index (κ2) is 10.5. The van der Waals surface area contributed by atoms with E-state index in [-0.39, 0.29) is 12.5 Å². The minimum absolute atomic E-state index is 0.173. The van der Waals surface area contributed by atoms with Crippen molar-refractivity contribution in [2.45, 2.75) is 45.8 Å². The standard InChI is InChI=1S/C23H30BrN3O4S/c1-17(22(29)25-23(2,3)4)26(15-18-11-7-6-8-12-18)21(28)16-27(32(5,30)31)20-14-10-9-13-19(20)24/h6-14,17H,15-16H2,1-5H3,(H,25,29). The Balaban J connectivity index is 2.39. The molecule has 7 nitrogen and oxygen atoms in total. The summed E-state index contributed by atoms with van der Waals surface area (Å²) in [7, 11) is -3.76. The molecule has 0 bridgehead atoms.